The Labute approximate surface area is 356 Å². The van der Waals surface area contributed by atoms with Crippen molar-refractivity contribution in [2.45, 2.75) is 182 Å². The SMILES string of the molecule is CCC(C)(C)c1ccc(OCCCn2c(C(C)O)nc3ccccc3c2=O)c(C(C)(C)CC)c1.CCCCCCCCCCCCCCOC(=O)c1ccc(C)c(N)c1. The molecule has 326 valence electrons. The van der Waals surface area contributed by atoms with Crippen molar-refractivity contribution in [1.29, 1.82) is 0 Å². The topological polar surface area (TPSA) is 117 Å². The molecule has 59 heavy (non-hydrogen) atoms. The second-order valence-corrected chi connectivity index (χ2v) is 17.6. The Hall–Kier alpha value is -4.17. The lowest BCUT2D eigenvalue weighted by atomic mass is 9.76. The van der Waals surface area contributed by atoms with E-state index in [9.17, 15) is 14.7 Å². The predicted molar refractivity (Wildman–Crippen MR) is 247 cm³/mol. The average molecular weight is 812 g/mol. The van der Waals surface area contributed by atoms with Crippen molar-refractivity contribution in [1.82, 2.24) is 9.55 Å². The standard InChI is InChI=1S/C29H40N2O3.C22H37NO2/c1-8-28(4,5)21-15-16-25(23(19-21)29(6,7)9-2)34-18-12-17-31-26(20(3)32)30-24-14-11-10-13-22(24)27(31)33;1-3-4-5-6-7-8-9-10-11-12-13-14-17-25-22(24)20-16-15-19(2)21(23)18-20/h10-11,13-16,19-20,32H,8-9,12,17-18H2,1-7H3;15-16,18H,3-14,17,23H2,1-2H3. The number of carbonyl (C=O) groups excluding carboxylic acids is 1. The fraction of sp³-hybridized carbons (Fsp3) is 0.588. The minimum atomic E-state index is -0.829. The number of benzene rings is 3. The van der Waals surface area contributed by atoms with Gasteiger partial charge in [-0.05, 0) is 91.8 Å². The van der Waals surface area contributed by atoms with Crippen LogP contribution in [0.2, 0.25) is 0 Å². The number of ether oxygens (including phenoxy) is 2. The molecule has 0 radical (unpaired) electrons. The molecule has 0 fully saturated rings. The van der Waals surface area contributed by atoms with E-state index < -0.39 is 6.10 Å². The minimum absolute atomic E-state index is 0.00609. The van der Waals surface area contributed by atoms with Crippen LogP contribution in [0.4, 0.5) is 5.69 Å². The van der Waals surface area contributed by atoms with Crippen LogP contribution in [0.3, 0.4) is 0 Å². The van der Waals surface area contributed by atoms with E-state index in [-0.39, 0.29) is 22.4 Å². The van der Waals surface area contributed by atoms with E-state index in [1.165, 1.54) is 75.3 Å². The maximum absolute atomic E-state index is 13.1. The lowest BCUT2D eigenvalue weighted by Gasteiger charge is -2.30. The molecular formula is C51H77N3O5. The fourth-order valence-corrected chi connectivity index (χ4v) is 7.08. The summed E-state index contributed by atoms with van der Waals surface area (Å²) in [5, 5.41) is 10.8. The molecule has 0 spiro atoms. The van der Waals surface area contributed by atoms with Gasteiger partial charge in [-0.3, -0.25) is 9.36 Å². The first kappa shape index (κ1) is 49.2. The van der Waals surface area contributed by atoms with Gasteiger partial charge < -0.3 is 20.3 Å². The van der Waals surface area contributed by atoms with Crippen molar-refractivity contribution in [2.24, 2.45) is 0 Å². The van der Waals surface area contributed by atoms with Crippen LogP contribution in [-0.4, -0.2) is 33.8 Å². The number of hydrogen-bond donors (Lipinski definition) is 2. The molecule has 4 rings (SSSR count). The van der Waals surface area contributed by atoms with Crippen molar-refractivity contribution >= 4 is 22.6 Å². The van der Waals surface area contributed by atoms with Crippen LogP contribution in [0.15, 0.2) is 65.5 Å². The zero-order chi connectivity index (χ0) is 43.4. The highest BCUT2D eigenvalue weighted by Crippen LogP contribution is 2.38. The van der Waals surface area contributed by atoms with E-state index in [0.717, 1.165) is 37.0 Å². The smallest absolute Gasteiger partial charge is 0.338 e. The van der Waals surface area contributed by atoms with Crippen LogP contribution in [0.25, 0.3) is 10.9 Å². The maximum atomic E-state index is 13.1. The monoisotopic (exact) mass is 812 g/mol. The zero-order valence-corrected chi connectivity index (χ0v) is 38.1. The molecule has 0 bridgehead atoms. The van der Waals surface area contributed by atoms with E-state index in [0.29, 0.717) is 54.2 Å². The van der Waals surface area contributed by atoms with Gasteiger partial charge >= 0.3 is 5.97 Å². The lowest BCUT2D eigenvalue weighted by molar-refractivity contribution is 0.0497. The number of fused-ring (bicyclic) bond motifs is 1. The third kappa shape index (κ3) is 15.4. The van der Waals surface area contributed by atoms with Crippen molar-refractivity contribution in [3.05, 3.63) is 99.1 Å². The van der Waals surface area contributed by atoms with Crippen LogP contribution in [0, 0.1) is 6.92 Å². The molecule has 4 aromatic rings. The van der Waals surface area contributed by atoms with Crippen molar-refractivity contribution in [2.75, 3.05) is 18.9 Å². The number of aliphatic hydroxyl groups is 1. The summed E-state index contributed by atoms with van der Waals surface area (Å²) < 4.78 is 13.2. The van der Waals surface area contributed by atoms with Gasteiger partial charge in [-0.1, -0.05) is 149 Å². The summed E-state index contributed by atoms with van der Waals surface area (Å²) in [6.45, 7) is 20.7. The number of unbranched alkanes of at least 4 members (excludes halogenated alkanes) is 11. The lowest BCUT2D eigenvalue weighted by Crippen LogP contribution is -2.27. The van der Waals surface area contributed by atoms with Crippen molar-refractivity contribution < 1.29 is 19.4 Å². The van der Waals surface area contributed by atoms with Crippen molar-refractivity contribution in [3.63, 3.8) is 0 Å². The number of nitrogens with zero attached hydrogens (tertiary/aromatic N) is 2. The Morgan fingerprint density at radius 1 is 0.780 bits per heavy atom. The van der Waals surface area contributed by atoms with Gasteiger partial charge in [0.1, 0.15) is 17.7 Å². The minimum Gasteiger partial charge on any atom is -0.493 e. The van der Waals surface area contributed by atoms with Gasteiger partial charge in [0, 0.05) is 17.8 Å². The normalized spacial score (nSPS) is 12.2. The number of nitrogen functional groups attached to an aromatic ring is 1. The van der Waals surface area contributed by atoms with Crippen molar-refractivity contribution in [3.8, 4) is 5.75 Å². The number of para-hydroxylation sites is 1. The summed E-state index contributed by atoms with van der Waals surface area (Å²) >= 11 is 0. The summed E-state index contributed by atoms with van der Waals surface area (Å²) in [6, 6.07) is 19.2. The molecule has 0 saturated carbocycles. The van der Waals surface area contributed by atoms with Gasteiger partial charge in [-0.2, -0.15) is 0 Å². The van der Waals surface area contributed by atoms with E-state index in [1.54, 1.807) is 35.8 Å². The van der Waals surface area contributed by atoms with E-state index in [4.69, 9.17) is 15.2 Å². The Balaban J connectivity index is 0.000000332. The number of aliphatic hydroxyl groups excluding tert-OH is 1. The Morgan fingerprint density at radius 2 is 1.39 bits per heavy atom. The molecule has 1 heterocycles. The third-order valence-electron chi connectivity index (χ3n) is 12.1. The van der Waals surface area contributed by atoms with Gasteiger partial charge in [0.15, 0.2) is 0 Å². The number of aryl methyl sites for hydroxylation is 1. The molecule has 8 heteroatoms. The van der Waals surface area contributed by atoms with Crippen LogP contribution < -0.4 is 16.0 Å². The summed E-state index contributed by atoms with van der Waals surface area (Å²) in [5.41, 5.74) is 11.1. The zero-order valence-electron chi connectivity index (χ0n) is 38.1. The van der Waals surface area contributed by atoms with Crippen LogP contribution in [0.5, 0.6) is 5.75 Å². The van der Waals surface area contributed by atoms with Gasteiger partial charge in [-0.15, -0.1) is 0 Å². The fourth-order valence-electron chi connectivity index (χ4n) is 7.08. The predicted octanol–water partition coefficient (Wildman–Crippen LogP) is 12.7. The van der Waals surface area contributed by atoms with E-state index in [2.05, 4.69) is 71.6 Å². The van der Waals surface area contributed by atoms with Gasteiger partial charge in [0.05, 0.1) is 29.7 Å². The molecule has 3 N–H and O–H groups in total. The van der Waals surface area contributed by atoms with Crippen LogP contribution in [-0.2, 0) is 22.1 Å². The molecule has 0 aliphatic heterocycles. The van der Waals surface area contributed by atoms with Crippen LogP contribution in [0.1, 0.15) is 191 Å². The molecule has 1 aromatic heterocycles. The summed E-state index contributed by atoms with van der Waals surface area (Å²) in [6.07, 6.45) is 17.6. The highest BCUT2D eigenvalue weighted by molar-refractivity contribution is 5.90. The number of hydrogen-bond acceptors (Lipinski definition) is 7. The third-order valence-corrected chi connectivity index (χ3v) is 12.1. The van der Waals surface area contributed by atoms with Gasteiger partial charge in [0.25, 0.3) is 5.56 Å². The summed E-state index contributed by atoms with van der Waals surface area (Å²) in [5.74, 6) is 1.03. The van der Waals surface area contributed by atoms with Crippen LogP contribution >= 0.6 is 0 Å². The average Bonchev–Trinajstić information content (AvgIpc) is 3.22. The second-order valence-electron chi connectivity index (χ2n) is 17.6. The number of nitrogens with two attached hydrogens (primary N) is 1. The summed E-state index contributed by atoms with van der Waals surface area (Å²) in [7, 11) is 0. The Kier molecular flexibility index (Phi) is 20.7. The highest BCUT2D eigenvalue weighted by atomic mass is 16.5. The second kappa shape index (κ2) is 24.8. The van der Waals surface area contributed by atoms with E-state index >= 15 is 0 Å². The molecule has 0 aliphatic carbocycles. The number of anilines is 1. The van der Waals surface area contributed by atoms with E-state index in [1.807, 2.05) is 25.1 Å². The first-order valence-electron chi connectivity index (χ1n) is 22.6. The largest absolute Gasteiger partial charge is 0.493 e. The molecule has 3 aromatic carbocycles. The van der Waals surface area contributed by atoms with Gasteiger partial charge in [0.2, 0.25) is 0 Å². The number of carbonyl (C=O) groups is 1. The molecule has 8 nitrogen and oxygen atoms in total. The molecule has 0 aliphatic rings. The first-order valence-corrected chi connectivity index (χ1v) is 22.6. The molecule has 1 atom stereocenters. The molecule has 1 unspecified atom stereocenters. The quantitative estimate of drug-likeness (QED) is 0.0411. The van der Waals surface area contributed by atoms with Gasteiger partial charge in [-0.25, -0.2) is 9.78 Å². The number of rotatable bonds is 24. The maximum Gasteiger partial charge on any atom is 0.338 e. The first-order chi connectivity index (χ1) is 28.2. The molecule has 0 saturated heterocycles. The number of esters is 1. The Morgan fingerprint density at radius 3 is 1.98 bits per heavy atom. The molecular weight excluding hydrogens is 735 g/mol. The Bertz CT molecular complexity index is 1930. The summed E-state index contributed by atoms with van der Waals surface area (Å²) in [4.78, 5) is 29.5. The highest BCUT2D eigenvalue weighted by Gasteiger charge is 2.27. The molecule has 0 amide bonds. The number of aromatic nitrogens is 2.